The molecule has 1 aromatic carbocycles. The van der Waals surface area contributed by atoms with E-state index in [0.717, 1.165) is 19.4 Å². The van der Waals surface area contributed by atoms with Crippen LogP contribution in [0.3, 0.4) is 0 Å². The van der Waals surface area contributed by atoms with Gasteiger partial charge in [0, 0.05) is 24.2 Å². The molecule has 0 aliphatic carbocycles. The van der Waals surface area contributed by atoms with Crippen LogP contribution in [0, 0.1) is 5.92 Å². The molecule has 2 unspecified atom stereocenters. The van der Waals surface area contributed by atoms with E-state index in [1.807, 2.05) is 7.05 Å². The molecule has 0 spiro atoms. The van der Waals surface area contributed by atoms with Gasteiger partial charge in [0.2, 0.25) is 0 Å². The summed E-state index contributed by atoms with van der Waals surface area (Å²) in [6.07, 6.45) is 2.13. The molecule has 2 nitrogen and oxygen atoms in total. The van der Waals surface area contributed by atoms with Gasteiger partial charge in [-0.05, 0) is 37.4 Å². The fourth-order valence-electron chi connectivity index (χ4n) is 1.99. The highest BCUT2D eigenvalue weighted by atomic mass is 79.9. The van der Waals surface area contributed by atoms with E-state index in [2.05, 4.69) is 52.4 Å². The molecular formula is C14H22BrNO. The Hall–Kier alpha value is -0.380. The second kappa shape index (κ2) is 7.85. The minimum absolute atomic E-state index is 0.490. The van der Waals surface area contributed by atoms with Gasteiger partial charge in [-0.2, -0.15) is 0 Å². The summed E-state index contributed by atoms with van der Waals surface area (Å²) < 4.78 is 6.34. The molecule has 0 aromatic heterocycles. The monoisotopic (exact) mass is 299 g/mol. The molecule has 1 N–H and O–H groups in total. The first-order chi connectivity index (χ1) is 8.19. The largest absolute Gasteiger partial charge is 0.385 e. The smallest absolute Gasteiger partial charge is 0.0465 e. The van der Waals surface area contributed by atoms with Crippen LogP contribution >= 0.6 is 15.9 Å². The van der Waals surface area contributed by atoms with Crippen LogP contribution in [0.1, 0.15) is 18.9 Å². The Morgan fingerprint density at radius 1 is 1.35 bits per heavy atom. The average Bonchev–Trinajstić information content (AvgIpc) is 2.35. The van der Waals surface area contributed by atoms with Gasteiger partial charge < -0.3 is 10.1 Å². The number of rotatable bonds is 7. The molecule has 3 heteroatoms. The molecule has 0 radical (unpaired) electrons. The van der Waals surface area contributed by atoms with Crippen molar-refractivity contribution in [2.75, 3.05) is 20.8 Å². The number of halogens is 1. The quantitative estimate of drug-likeness (QED) is 0.834. The normalized spacial score (nSPS) is 14.6. The zero-order valence-corrected chi connectivity index (χ0v) is 12.5. The average molecular weight is 300 g/mol. The second-order valence-corrected chi connectivity index (χ2v) is 5.30. The van der Waals surface area contributed by atoms with E-state index >= 15 is 0 Å². The maximum Gasteiger partial charge on any atom is 0.0465 e. The Morgan fingerprint density at radius 2 is 2.06 bits per heavy atom. The van der Waals surface area contributed by atoms with Crippen molar-refractivity contribution in [2.24, 2.45) is 5.92 Å². The third-order valence-electron chi connectivity index (χ3n) is 3.23. The number of ether oxygens (including phenoxy) is 1. The van der Waals surface area contributed by atoms with Gasteiger partial charge in [0.05, 0.1) is 0 Å². The molecule has 0 heterocycles. The first-order valence-electron chi connectivity index (χ1n) is 6.08. The third-order valence-corrected chi connectivity index (χ3v) is 4.01. The maximum absolute atomic E-state index is 5.14. The summed E-state index contributed by atoms with van der Waals surface area (Å²) in [4.78, 5) is 0. The van der Waals surface area contributed by atoms with Crippen LogP contribution in [-0.2, 0) is 11.2 Å². The lowest BCUT2D eigenvalue weighted by atomic mass is 9.93. The molecule has 0 saturated heterocycles. The SMILES string of the molecule is CNC(Cc1ccccc1Br)C(C)CCOC. The molecule has 2 atom stereocenters. The first-order valence-corrected chi connectivity index (χ1v) is 6.88. The van der Waals surface area contributed by atoms with Gasteiger partial charge in [0.25, 0.3) is 0 Å². The molecule has 1 aromatic rings. The fourth-order valence-corrected chi connectivity index (χ4v) is 2.44. The lowest BCUT2D eigenvalue weighted by molar-refractivity contribution is 0.171. The van der Waals surface area contributed by atoms with E-state index in [9.17, 15) is 0 Å². The summed E-state index contributed by atoms with van der Waals surface area (Å²) in [6.45, 7) is 3.10. The van der Waals surface area contributed by atoms with Crippen molar-refractivity contribution in [1.29, 1.82) is 0 Å². The highest BCUT2D eigenvalue weighted by Crippen LogP contribution is 2.20. The minimum atomic E-state index is 0.490. The van der Waals surface area contributed by atoms with E-state index in [1.165, 1.54) is 10.0 Å². The van der Waals surface area contributed by atoms with Crippen molar-refractivity contribution in [3.63, 3.8) is 0 Å². The molecule has 0 amide bonds. The van der Waals surface area contributed by atoms with E-state index in [-0.39, 0.29) is 0 Å². The van der Waals surface area contributed by atoms with Gasteiger partial charge in [-0.25, -0.2) is 0 Å². The number of hydrogen-bond acceptors (Lipinski definition) is 2. The highest BCUT2D eigenvalue weighted by molar-refractivity contribution is 9.10. The van der Waals surface area contributed by atoms with Crippen LogP contribution in [0.25, 0.3) is 0 Å². The second-order valence-electron chi connectivity index (χ2n) is 4.45. The van der Waals surface area contributed by atoms with Crippen LogP contribution in [0.5, 0.6) is 0 Å². The summed E-state index contributed by atoms with van der Waals surface area (Å²) in [6, 6.07) is 8.91. The Morgan fingerprint density at radius 3 is 2.65 bits per heavy atom. The molecule has 0 fully saturated rings. The van der Waals surface area contributed by atoms with Gasteiger partial charge in [-0.15, -0.1) is 0 Å². The third kappa shape index (κ3) is 4.78. The molecule has 96 valence electrons. The van der Waals surface area contributed by atoms with Crippen LogP contribution in [-0.4, -0.2) is 26.8 Å². The van der Waals surface area contributed by atoms with E-state index in [0.29, 0.717) is 12.0 Å². The van der Waals surface area contributed by atoms with Gasteiger partial charge >= 0.3 is 0 Å². The van der Waals surface area contributed by atoms with Crippen molar-refractivity contribution < 1.29 is 4.74 Å². The van der Waals surface area contributed by atoms with E-state index < -0.39 is 0 Å². The van der Waals surface area contributed by atoms with Gasteiger partial charge in [0.1, 0.15) is 0 Å². The molecule has 0 aliphatic rings. The zero-order chi connectivity index (χ0) is 12.7. The molecule has 1 rings (SSSR count). The van der Waals surface area contributed by atoms with E-state index in [1.54, 1.807) is 7.11 Å². The van der Waals surface area contributed by atoms with Crippen molar-refractivity contribution in [3.05, 3.63) is 34.3 Å². The minimum Gasteiger partial charge on any atom is -0.385 e. The molecule has 0 bridgehead atoms. The fraction of sp³-hybridized carbons (Fsp3) is 0.571. The summed E-state index contributed by atoms with van der Waals surface area (Å²) >= 11 is 3.60. The van der Waals surface area contributed by atoms with Crippen LogP contribution < -0.4 is 5.32 Å². The Bertz CT molecular complexity index is 330. The number of likely N-dealkylation sites (N-methyl/N-ethyl adjacent to an activating group) is 1. The number of benzene rings is 1. The molecule has 0 aliphatic heterocycles. The number of methoxy groups -OCH3 is 1. The Balaban J connectivity index is 2.60. The van der Waals surface area contributed by atoms with Crippen molar-refractivity contribution in [2.45, 2.75) is 25.8 Å². The van der Waals surface area contributed by atoms with Gasteiger partial charge in [0.15, 0.2) is 0 Å². The van der Waals surface area contributed by atoms with Gasteiger partial charge in [-0.3, -0.25) is 0 Å². The topological polar surface area (TPSA) is 21.3 Å². The van der Waals surface area contributed by atoms with Crippen LogP contribution in [0.2, 0.25) is 0 Å². The predicted molar refractivity (Wildman–Crippen MR) is 76.4 cm³/mol. The zero-order valence-electron chi connectivity index (χ0n) is 10.9. The summed E-state index contributed by atoms with van der Waals surface area (Å²) in [5.41, 5.74) is 1.36. The van der Waals surface area contributed by atoms with Gasteiger partial charge in [-0.1, -0.05) is 41.1 Å². The number of hydrogen-bond donors (Lipinski definition) is 1. The summed E-state index contributed by atoms with van der Waals surface area (Å²) in [5, 5.41) is 3.41. The Kier molecular flexibility index (Phi) is 6.78. The first kappa shape index (κ1) is 14.7. The standard InChI is InChI=1S/C14H22BrNO/c1-11(8-9-17-3)14(16-2)10-12-6-4-5-7-13(12)15/h4-7,11,14,16H,8-10H2,1-3H3. The van der Waals surface area contributed by atoms with Crippen LogP contribution in [0.15, 0.2) is 28.7 Å². The predicted octanol–water partition coefficient (Wildman–Crippen LogP) is 3.25. The molecule has 0 saturated carbocycles. The summed E-state index contributed by atoms with van der Waals surface area (Å²) in [7, 11) is 3.79. The number of nitrogens with one attached hydrogen (secondary N) is 1. The van der Waals surface area contributed by atoms with Crippen molar-refractivity contribution >= 4 is 15.9 Å². The van der Waals surface area contributed by atoms with Crippen molar-refractivity contribution in [3.8, 4) is 0 Å². The molecule has 17 heavy (non-hydrogen) atoms. The molecular weight excluding hydrogens is 278 g/mol. The lowest BCUT2D eigenvalue weighted by Gasteiger charge is -2.24. The van der Waals surface area contributed by atoms with Crippen LogP contribution in [0.4, 0.5) is 0 Å². The summed E-state index contributed by atoms with van der Waals surface area (Å²) in [5.74, 6) is 0.604. The maximum atomic E-state index is 5.14. The van der Waals surface area contributed by atoms with Crippen molar-refractivity contribution in [1.82, 2.24) is 5.32 Å². The lowest BCUT2D eigenvalue weighted by Crippen LogP contribution is -2.34. The Labute approximate surface area is 113 Å². The highest BCUT2D eigenvalue weighted by Gasteiger charge is 2.16. The van der Waals surface area contributed by atoms with E-state index in [4.69, 9.17) is 4.74 Å².